The van der Waals surface area contributed by atoms with E-state index in [1.165, 1.54) is 0 Å². The zero-order chi connectivity index (χ0) is 8.55. The number of fused-ring (bicyclic) bond motifs is 2. The molecule has 0 N–H and O–H groups in total. The Balaban J connectivity index is 1.93. The molecule has 2 aliphatic rings. The molecule has 0 radical (unpaired) electrons. The van der Waals surface area contributed by atoms with Crippen molar-refractivity contribution in [2.75, 3.05) is 19.0 Å². The first-order valence-electron chi connectivity index (χ1n) is 4.28. The van der Waals surface area contributed by atoms with Crippen molar-refractivity contribution in [1.29, 1.82) is 0 Å². The first kappa shape index (κ1) is 8.32. The summed E-state index contributed by atoms with van der Waals surface area (Å²) in [5.74, 6) is 0.605. The van der Waals surface area contributed by atoms with Gasteiger partial charge in [-0.1, -0.05) is 0 Å². The number of ether oxygens (including phenoxy) is 1. The van der Waals surface area contributed by atoms with E-state index in [0.29, 0.717) is 24.4 Å². The van der Waals surface area contributed by atoms with Crippen LogP contribution >= 0.6 is 11.6 Å². The summed E-state index contributed by atoms with van der Waals surface area (Å²) in [4.78, 5) is 13.3. The number of amides is 1. The summed E-state index contributed by atoms with van der Waals surface area (Å²) in [5, 5.41) is 0. The second kappa shape index (κ2) is 3.23. The molecular formula is C8H12ClNO2. The molecule has 0 saturated carbocycles. The van der Waals surface area contributed by atoms with Crippen LogP contribution in [0.5, 0.6) is 0 Å². The highest BCUT2D eigenvalue weighted by molar-refractivity contribution is 6.18. The molecule has 2 rings (SSSR count). The second-order valence-electron chi connectivity index (χ2n) is 3.33. The van der Waals surface area contributed by atoms with Crippen LogP contribution < -0.4 is 0 Å². The first-order valence-corrected chi connectivity index (χ1v) is 4.81. The molecule has 0 unspecified atom stereocenters. The normalized spacial score (nSPS) is 32.9. The number of hydrogen-bond donors (Lipinski definition) is 0. The van der Waals surface area contributed by atoms with Gasteiger partial charge in [0.15, 0.2) is 0 Å². The number of carbonyl (C=O) groups excluding carboxylic acids is 1. The topological polar surface area (TPSA) is 29.5 Å². The number of likely N-dealkylation sites (tertiary alicyclic amines) is 1. The number of halogens is 1. The molecule has 0 aromatic rings. The van der Waals surface area contributed by atoms with Crippen LogP contribution in [0.2, 0.25) is 0 Å². The van der Waals surface area contributed by atoms with Gasteiger partial charge in [0.25, 0.3) is 0 Å². The maximum atomic E-state index is 11.4. The molecule has 4 heteroatoms. The highest BCUT2D eigenvalue weighted by atomic mass is 35.5. The molecule has 1 amide bonds. The number of morpholine rings is 1. The third-order valence-corrected chi connectivity index (χ3v) is 2.72. The van der Waals surface area contributed by atoms with Crippen LogP contribution in [0.1, 0.15) is 12.8 Å². The predicted molar refractivity (Wildman–Crippen MR) is 45.2 cm³/mol. The van der Waals surface area contributed by atoms with E-state index in [4.69, 9.17) is 16.3 Å². The number of alkyl halides is 1. The number of rotatable bonds is 2. The molecule has 0 aromatic heterocycles. The van der Waals surface area contributed by atoms with Crippen LogP contribution in [-0.4, -0.2) is 42.0 Å². The van der Waals surface area contributed by atoms with Gasteiger partial charge in [-0.25, -0.2) is 0 Å². The van der Waals surface area contributed by atoms with Gasteiger partial charge in [-0.2, -0.15) is 0 Å². The minimum absolute atomic E-state index is 0.181. The van der Waals surface area contributed by atoms with Crippen LogP contribution in [0.25, 0.3) is 0 Å². The molecule has 2 fully saturated rings. The lowest BCUT2D eigenvalue weighted by Gasteiger charge is -2.26. The maximum Gasteiger partial charge on any atom is 0.224 e. The predicted octanol–water partition coefficient (Wildman–Crippen LogP) is 0.615. The van der Waals surface area contributed by atoms with E-state index < -0.39 is 0 Å². The molecule has 2 heterocycles. The second-order valence-corrected chi connectivity index (χ2v) is 3.71. The fraction of sp³-hybridized carbons (Fsp3) is 0.875. The number of nitrogens with zero attached hydrogens (tertiary/aromatic N) is 1. The zero-order valence-corrected chi connectivity index (χ0v) is 7.59. The van der Waals surface area contributed by atoms with E-state index >= 15 is 0 Å². The van der Waals surface area contributed by atoms with E-state index in [9.17, 15) is 4.79 Å². The van der Waals surface area contributed by atoms with Crippen molar-refractivity contribution in [3.05, 3.63) is 0 Å². The van der Waals surface area contributed by atoms with E-state index in [-0.39, 0.29) is 5.91 Å². The Morgan fingerprint density at radius 1 is 1.67 bits per heavy atom. The van der Waals surface area contributed by atoms with Crippen molar-refractivity contribution in [3.63, 3.8) is 0 Å². The Labute approximate surface area is 76.6 Å². The molecule has 3 nitrogen and oxygen atoms in total. The van der Waals surface area contributed by atoms with Gasteiger partial charge in [0.2, 0.25) is 5.91 Å². The SMILES string of the molecule is O=C(CCCl)N1C[C@H]2C[C@H]1CO2. The summed E-state index contributed by atoms with van der Waals surface area (Å²) in [5.41, 5.74) is 0. The molecule has 0 aromatic carbocycles. The molecular weight excluding hydrogens is 178 g/mol. The monoisotopic (exact) mass is 189 g/mol. The summed E-state index contributed by atoms with van der Waals surface area (Å²) in [6.07, 6.45) is 1.79. The maximum absolute atomic E-state index is 11.4. The fourth-order valence-corrected chi connectivity index (χ4v) is 2.09. The number of hydrogen-bond acceptors (Lipinski definition) is 2. The molecule has 2 saturated heterocycles. The average Bonchev–Trinajstić information content (AvgIpc) is 2.64. The van der Waals surface area contributed by atoms with Crippen LogP contribution in [-0.2, 0) is 9.53 Å². The van der Waals surface area contributed by atoms with Crippen molar-refractivity contribution < 1.29 is 9.53 Å². The standard InChI is InChI=1S/C8H12ClNO2/c9-2-1-8(11)10-4-7-3-6(10)5-12-7/h6-7H,1-5H2/t6-,7+/m0/s1. The minimum Gasteiger partial charge on any atom is -0.374 e. The number of carbonyl (C=O) groups is 1. The van der Waals surface area contributed by atoms with Crippen LogP contribution in [0.4, 0.5) is 0 Å². The molecule has 2 bridgehead atoms. The highest BCUT2D eigenvalue weighted by Crippen LogP contribution is 2.27. The largest absolute Gasteiger partial charge is 0.374 e. The van der Waals surface area contributed by atoms with E-state index in [2.05, 4.69) is 0 Å². The Kier molecular flexibility index (Phi) is 2.24. The summed E-state index contributed by atoms with van der Waals surface area (Å²) >= 11 is 5.50. The highest BCUT2D eigenvalue weighted by Gasteiger charge is 2.40. The quantitative estimate of drug-likeness (QED) is 0.596. The van der Waals surface area contributed by atoms with Crippen molar-refractivity contribution in [2.24, 2.45) is 0 Å². The summed E-state index contributed by atoms with van der Waals surface area (Å²) in [7, 11) is 0. The van der Waals surface area contributed by atoms with Gasteiger partial charge in [0, 0.05) is 18.8 Å². The van der Waals surface area contributed by atoms with E-state index in [1.807, 2.05) is 4.90 Å². The third kappa shape index (κ3) is 1.31. The van der Waals surface area contributed by atoms with Gasteiger partial charge >= 0.3 is 0 Å². The van der Waals surface area contributed by atoms with Crippen LogP contribution in [0.3, 0.4) is 0 Å². The zero-order valence-electron chi connectivity index (χ0n) is 6.83. The summed E-state index contributed by atoms with van der Waals surface area (Å²) in [6.45, 7) is 1.50. The lowest BCUT2D eigenvalue weighted by Crippen LogP contribution is -2.41. The minimum atomic E-state index is 0.181. The van der Waals surface area contributed by atoms with Crippen molar-refractivity contribution in [1.82, 2.24) is 4.90 Å². The van der Waals surface area contributed by atoms with Gasteiger partial charge in [0.05, 0.1) is 18.8 Å². The van der Waals surface area contributed by atoms with Gasteiger partial charge in [-0.05, 0) is 6.42 Å². The third-order valence-electron chi connectivity index (χ3n) is 2.53. The van der Waals surface area contributed by atoms with Gasteiger partial charge in [-0.3, -0.25) is 4.79 Å². The van der Waals surface area contributed by atoms with Crippen molar-refractivity contribution in [2.45, 2.75) is 25.0 Å². The van der Waals surface area contributed by atoms with E-state index in [0.717, 1.165) is 19.6 Å². The molecule has 12 heavy (non-hydrogen) atoms. The Hall–Kier alpha value is -0.280. The lowest BCUT2D eigenvalue weighted by atomic mass is 10.2. The summed E-state index contributed by atoms with van der Waals surface area (Å²) < 4.78 is 5.38. The Morgan fingerprint density at radius 3 is 3.00 bits per heavy atom. The molecule has 68 valence electrons. The fourth-order valence-electron chi connectivity index (χ4n) is 1.93. The first-order chi connectivity index (χ1) is 5.81. The smallest absolute Gasteiger partial charge is 0.224 e. The Morgan fingerprint density at radius 2 is 2.50 bits per heavy atom. The molecule has 2 atom stereocenters. The molecule has 2 aliphatic heterocycles. The van der Waals surface area contributed by atoms with Crippen LogP contribution in [0.15, 0.2) is 0 Å². The molecule has 0 spiro atoms. The Bertz CT molecular complexity index is 197. The summed E-state index contributed by atoms with van der Waals surface area (Å²) in [6, 6.07) is 0.339. The van der Waals surface area contributed by atoms with Gasteiger partial charge in [-0.15, -0.1) is 11.6 Å². The lowest BCUT2D eigenvalue weighted by molar-refractivity contribution is -0.135. The van der Waals surface area contributed by atoms with Crippen molar-refractivity contribution >= 4 is 17.5 Å². The van der Waals surface area contributed by atoms with Crippen molar-refractivity contribution in [3.8, 4) is 0 Å². The van der Waals surface area contributed by atoms with Gasteiger partial charge < -0.3 is 9.64 Å². The van der Waals surface area contributed by atoms with Gasteiger partial charge in [0.1, 0.15) is 0 Å². The average molecular weight is 190 g/mol. The van der Waals surface area contributed by atoms with E-state index in [1.54, 1.807) is 0 Å². The molecule has 0 aliphatic carbocycles. The van der Waals surface area contributed by atoms with Crippen LogP contribution in [0, 0.1) is 0 Å².